The molecule has 6 nitrogen and oxygen atoms in total. The molecule has 0 spiro atoms. The second kappa shape index (κ2) is 5.71. The van der Waals surface area contributed by atoms with E-state index in [1.54, 1.807) is 36.3 Å². The summed E-state index contributed by atoms with van der Waals surface area (Å²) < 4.78 is 10.1. The molecule has 102 valence electrons. The number of rotatable bonds is 5. The number of carboxylic acid groups (broad SMARTS) is 1. The molecule has 0 unspecified atom stereocenters. The number of hydrogen-bond acceptors (Lipinski definition) is 4. The van der Waals surface area contributed by atoms with Crippen molar-refractivity contribution in [2.45, 2.75) is 6.10 Å². The summed E-state index contributed by atoms with van der Waals surface area (Å²) in [4.78, 5) is 24.2. The van der Waals surface area contributed by atoms with Gasteiger partial charge in [0.05, 0.1) is 6.10 Å². The average molecular weight is 265 g/mol. The van der Waals surface area contributed by atoms with Gasteiger partial charge >= 0.3 is 5.97 Å². The fourth-order valence-electron chi connectivity index (χ4n) is 1.80. The Kier molecular flexibility index (Phi) is 4.01. The Labute approximate surface area is 110 Å². The molecule has 19 heavy (non-hydrogen) atoms. The molecular weight excluding hydrogens is 250 g/mol. The van der Waals surface area contributed by atoms with Crippen LogP contribution >= 0.6 is 0 Å². The number of likely N-dealkylation sites (tertiary alicyclic amines) is 1. The van der Waals surface area contributed by atoms with Crippen molar-refractivity contribution in [1.29, 1.82) is 0 Å². The van der Waals surface area contributed by atoms with E-state index in [0.717, 1.165) is 0 Å². The number of carbonyl (C=O) groups excluding carboxylic acids is 1. The second-order valence-electron chi connectivity index (χ2n) is 4.28. The highest BCUT2D eigenvalue weighted by Crippen LogP contribution is 2.19. The lowest BCUT2D eigenvalue weighted by Gasteiger charge is -2.38. The van der Waals surface area contributed by atoms with E-state index in [0.29, 0.717) is 24.4 Å². The molecule has 0 aliphatic carbocycles. The maximum atomic E-state index is 12.1. The molecule has 1 aromatic rings. The lowest BCUT2D eigenvalue weighted by molar-refractivity contribution is -0.139. The van der Waals surface area contributed by atoms with Gasteiger partial charge in [0.2, 0.25) is 0 Å². The average Bonchev–Trinajstić information content (AvgIpc) is 2.35. The van der Waals surface area contributed by atoms with Crippen LogP contribution in [0.3, 0.4) is 0 Å². The molecule has 2 rings (SSSR count). The van der Waals surface area contributed by atoms with Gasteiger partial charge in [0.15, 0.2) is 6.61 Å². The van der Waals surface area contributed by atoms with Crippen molar-refractivity contribution in [2.75, 3.05) is 26.8 Å². The van der Waals surface area contributed by atoms with Crippen LogP contribution in [0.15, 0.2) is 24.3 Å². The summed E-state index contributed by atoms with van der Waals surface area (Å²) >= 11 is 0. The molecule has 0 bridgehead atoms. The minimum Gasteiger partial charge on any atom is -0.482 e. The highest BCUT2D eigenvalue weighted by atomic mass is 16.5. The van der Waals surface area contributed by atoms with Gasteiger partial charge in [0, 0.05) is 25.8 Å². The van der Waals surface area contributed by atoms with Crippen LogP contribution in [-0.4, -0.2) is 54.8 Å². The van der Waals surface area contributed by atoms with E-state index in [-0.39, 0.29) is 12.0 Å². The second-order valence-corrected chi connectivity index (χ2v) is 4.28. The van der Waals surface area contributed by atoms with Crippen molar-refractivity contribution in [3.63, 3.8) is 0 Å². The zero-order valence-electron chi connectivity index (χ0n) is 10.5. The number of carboxylic acids is 1. The minimum atomic E-state index is -1.05. The Morgan fingerprint density at radius 2 is 2.16 bits per heavy atom. The summed E-state index contributed by atoms with van der Waals surface area (Å²) in [5.41, 5.74) is 0.484. The first-order valence-electron chi connectivity index (χ1n) is 5.87. The Balaban J connectivity index is 1.98. The minimum absolute atomic E-state index is 0.103. The van der Waals surface area contributed by atoms with E-state index in [1.807, 2.05) is 0 Å². The Hall–Kier alpha value is -2.08. The van der Waals surface area contributed by atoms with Gasteiger partial charge in [-0.2, -0.15) is 0 Å². The quantitative estimate of drug-likeness (QED) is 0.844. The molecule has 0 radical (unpaired) electrons. The van der Waals surface area contributed by atoms with Crippen LogP contribution in [0, 0.1) is 0 Å². The molecule has 1 saturated heterocycles. The van der Waals surface area contributed by atoms with Gasteiger partial charge < -0.3 is 19.5 Å². The first kappa shape index (κ1) is 13.4. The van der Waals surface area contributed by atoms with Crippen molar-refractivity contribution in [3.05, 3.63) is 29.8 Å². The zero-order valence-corrected chi connectivity index (χ0v) is 10.5. The van der Waals surface area contributed by atoms with Gasteiger partial charge in [0.1, 0.15) is 5.75 Å². The summed E-state index contributed by atoms with van der Waals surface area (Å²) in [7, 11) is 1.62. The standard InChI is InChI=1S/C13H15NO5/c1-18-11-6-14(7-11)13(17)9-3-2-4-10(5-9)19-8-12(15)16/h2-5,11H,6-8H2,1H3,(H,15,16). The van der Waals surface area contributed by atoms with Crippen molar-refractivity contribution < 1.29 is 24.2 Å². The van der Waals surface area contributed by atoms with E-state index >= 15 is 0 Å². The molecule has 1 aromatic carbocycles. The van der Waals surface area contributed by atoms with Crippen molar-refractivity contribution in [3.8, 4) is 5.75 Å². The fraction of sp³-hybridized carbons (Fsp3) is 0.385. The number of methoxy groups -OCH3 is 1. The normalized spacial score (nSPS) is 14.9. The van der Waals surface area contributed by atoms with E-state index < -0.39 is 12.6 Å². The van der Waals surface area contributed by atoms with Crippen LogP contribution in [0.4, 0.5) is 0 Å². The number of amides is 1. The van der Waals surface area contributed by atoms with Gasteiger partial charge in [-0.3, -0.25) is 4.79 Å². The summed E-state index contributed by atoms with van der Waals surface area (Å²) in [6.07, 6.45) is 0.107. The van der Waals surface area contributed by atoms with Gasteiger partial charge in [0.25, 0.3) is 5.91 Å². The van der Waals surface area contributed by atoms with E-state index in [1.165, 1.54) is 0 Å². The molecule has 0 atom stereocenters. The first-order chi connectivity index (χ1) is 9.10. The molecule has 0 aromatic heterocycles. The summed E-state index contributed by atoms with van der Waals surface area (Å²) in [6.45, 7) is 0.734. The SMILES string of the molecule is COC1CN(C(=O)c2cccc(OCC(=O)O)c2)C1. The van der Waals surface area contributed by atoms with E-state index in [2.05, 4.69) is 0 Å². The zero-order chi connectivity index (χ0) is 13.8. The van der Waals surface area contributed by atoms with Crippen LogP contribution in [-0.2, 0) is 9.53 Å². The molecule has 1 N–H and O–H groups in total. The number of carbonyl (C=O) groups is 2. The number of hydrogen-bond donors (Lipinski definition) is 1. The van der Waals surface area contributed by atoms with E-state index in [9.17, 15) is 9.59 Å². The van der Waals surface area contributed by atoms with Crippen molar-refractivity contribution in [2.24, 2.45) is 0 Å². The van der Waals surface area contributed by atoms with Crippen molar-refractivity contribution in [1.82, 2.24) is 4.90 Å². The Morgan fingerprint density at radius 1 is 1.42 bits per heavy atom. The lowest BCUT2D eigenvalue weighted by atomic mass is 10.1. The van der Waals surface area contributed by atoms with Crippen LogP contribution in [0.1, 0.15) is 10.4 Å². The molecule has 1 fully saturated rings. The third-order valence-electron chi connectivity index (χ3n) is 2.91. The molecule has 1 amide bonds. The largest absolute Gasteiger partial charge is 0.482 e. The monoisotopic (exact) mass is 265 g/mol. The van der Waals surface area contributed by atoms with Crippen LogP contribution in [0.5, 0.6) is 5.75 Å². The molecule has 1 aliphatic heterocycles. The highest BCUT2D eigenvalue weighted by Gasteiger charge is 2.31. The maximum absolute atomic E-state index is 12.1. The third-order valence-corrected chi connectivity index (χ3v) is 2.91. The predicted molar refractivity (Wildman–Crippen MR) is 66.3 cm³/mol. The number of benzene rings is 1. The Morgan fingerprint density at radius 3 is 2.79 bits per heavy atom. The van der Waals surface area contributed by atoms with Gasteiger partial charge in [-0.15, -0.1) is 0 Å². The maximum Gasteiger partial charge on any atom is 0.341 e. The summed E-state index contributed by atoms with van der Waals surface area (Å²) in [5.74, 6) is -0.784. The van der Waals surface area contributed by atoms with Crippen molar-refractivity contribution >= 4 is 11.9 Å². The Bertz CT molecular complexity index is 482. The van der Waals surface area contributed by atoms with Gasteiger partial charge in [-0.05, 0) is 18.2 Å². The van der Waals surface area contributed by atoms with Crippen LogP contribution in [0.25, 0.3) is 0 Å². The lowest BCUT2D eigenvalue weighted by Crippen LogP contribution is -2.54. The van der Waals surface area contributed by atoms with Crippen LogP contribution in [0.2, 0.25) is 0 Å². The third kappa shape index (κ3) is 3.23. The predicted octanol–water partition coefficient (Wildman–Crippen LogP) is 0.621. The fourth-order valence-corrected chi connectivity index (χ4v) is 1.80. The topological polar surface area (TPSA) is 76.1 Å². The molecule has 1 heterocycles. The summed E-state index contributed by atoms with van der Waals surface area (Å²) in [5, 5.41) is 8.53. The molecule has 0 saturated carbocycles. The number of ether oxygens (including phenoxy) is 2. The van der Waals surface area contributed by atoms with Crippen LogP contribution < -0.4 is 4.74 Å². The summed E-state index contributed by atoms with van der Waals surface area (Å²) in [6, 6.07) is 6.51. The molecule has 1 aliphatic rings. The van der Waals surface area contributed by atoms with E-state index in [4.69, 9.17) is 14.6 Å². The van der Waals surface area contributed by atoms with Gasteiger partial charge in [-0.1, -0.05) is 6.07 Å². The number of nitrogens with zero attached hydrogens (tertiary/aromatic N) is 1. The molecule has 6 heteroatoms. The smallest absolute Gasteiger partial charge is 0.341 e. The highest BCUT2D eigenvalue weighted by molar-refractivity contribution is 5.95. The molecular formula is C13H15NO5. The first-order valence-corrected chi connectivity index (χ1v) is 5.87. The number of aliphatic carboxylic acids is 1. The van der Waals surface area contributed by atoms with Gasteiger partial charge in [-0.25, -0.2) is 4.79 Å².